The van der Waals surface area contributed by atoms with Gasteiger partial charge in [-0.1, -0.05) is 60.2 Å². The lowest BCUT2D eigenvalue weighted by Crippen LogP contribution is -2.36. The van der Waals surface area contributed by atoms with Crippen LogP contribution in [0.4, 0.5) is 10.5 Å². The highest BCUT2D eigenvalue weighted by molar-refractivity contribution is 8.18. The van der Waals surface area contributed by atoms with E-state index in [2.05, 4.69) is 5.32 Å². The molecular weight excluding hydrogens is 384 g/mol. The van der Waals surface area contributed by atoms with E-state index in [1.165, 1.54) is 0 Å². The standard InChI is InChI=1S/C20H15ClN2O3S/c21-15-9-5-10-16(12-15)22-18(24)13-23-19(25)17(27-20(23)26)11-4-8-14-6-2-1-3-7-14/h1-12H,13H2,(H,22,24)/b8-4-,17-11+. The van der Waals surface area contributed by atoms with E-state index in [-0.39, 0.29) is 11.4 Å². The molecule has 0 spiro atoms. The van der Waals surface area contributed by atoms with Crippen molar-refractivity contribution < 1.29 is 14.4 Å². The minimum atomic E-state index is -0.482. The number of nitrogens with zero attached hydrogens (tertiary/aromatic N) is 1. The summed E-state index contributed by atoms with van der Waals surface area (Å²) in [5.41, 5.74) is 1.48. The Labute approximate surface area is 165 Å². The second-order valence-corrected chi connectivity index (χ2v) is 7.05. The van der Waals surface area contributed by atoms with E-state index in [4.69, 9.17) is 11.6 Å². The topological polar surface area (TPSA) is 66.5 Å². The quantitative estimate of drug-likeness (QED) is 0.749. The van der Waals surface area contributed by atoms with Crippen molar-refractivity contribution >= 4 is 52.2 Å². The first kappa shape index (κ1) is 18.9. The Bertz CT molecular complexity index is 941. The number of nitrogens with one attached hydrogen (secondary N) is 1. The van der Waals surface area contributed by atoms with Gasteiger partial charge in [0, 0.05) is 10.7 Å². The second-order valence-electron chi connectivity index (χ2n) is 5.62. The summed E-state index contributed by atoms with van der Waals surface area (Å²) in [5.74, 6) is -0.954. The predicted molar refractivity (Wildman–Crippen MR) is 108 cm³/mol. The predicted octanol–water partition coefficient (Wildman–Crippen LogP) is 4.57. The molecule has 2 aromatic carbocycles. The highest BCUT2D eigenvalue weighted by atomic mass is 35.5. The average molecular weight is 399 g/mol. The van der Waals surface area contributed by atoms with E-state index in [9.17, 15) is 14.4 Å². The highest BCUT2D eigenvalue weighted by Crippen LogP contribution is 2.30. The number of imide groups is 1. The summed E-state index contributed by atoms with van der Waals surface area (Å²) >= 11 is 6.68. The van der Waals surface area contributed by atoms with Gasteiger partial charge in [0.25, 0.3) is 11.1 Å². The zero-order chi connectivity index (χ0) is 19.2. The molecule has 1 N–H and O–H groups in total. The molecule has 3 amide bonds. The Hall–Kier alpha value is -2.83. The number of hydrogen-bond donors (Lipinski definition) is 1. The van der Waals surface area contributed by atoms with Gasteiger partial charge in [-0.15, -0.1) is 0 Å². The summed E-state index contributed by atoms with van der Waals surface area (Å²) < 4.78 is 0. The normalized spacial score (nSPS) is 15.7. The van der Waals surface area contributed by atoms with Crippen molar-refractivity contribution in [3.05, 3.63) is 82.2 Å². The molecule has 0 saturated carbocycles. The largest absolute Gasteiger partial charge is 0.324 e. The molecule has 1 aliphatic rings. The minimum absolute atomic E-state index is 0.280. The molecule has 3 rings (SSSR count). The van der Waals surface area contributed by atoms with Crippen LogP contribution in [0.3, 0.4) is 0 Å². The zero-order valence-corrected chi connectivity index (χ0v) is 15.7. The number of halogens is 1. The van der Waals surface area contributed by atoms with Crippen LogP contribution in [-0.2, 0) is 9.59 Å². The van der Waals surface area contributed by atoms with Gasteiger partial charge in [-0.25, -0.2) is 0 Å². The molecular formula is C20H15ClN2O3S. The van der Waals surface area contributed by atoms with Gasteiger partial charge in [-0.05, 0) is 41.6 Å². The maximum Gasteiger partial charge on any atom is 0.294 e. The lowest BCUT2D eigenvalue weighted by Gasteiger charge is -2.12. The number of carbonyl (C=O) groups is 3. The molecule has 27 heavy (non-hydrogen) atoms. The minimum Gasteiger partial charge on any atom is -0.324 e. The van der Waals surface area contributed by atoms with E-state index in [0.717, 1.165) is 22.2 Å². The Balaban J connectivity index is 1.62. The highest BCUT2D eigenvalue weighted by Gasteiger charge is 2.35. The van der Waals surface area contributed by atoms with Gasteiger partial charge >= 0.3 is 0 Å². The summed E-state index contributed by atoms with van der Waals surface area (Å²) in [6.45, 7) is -0.350. The molecule has 0 aliphatic carbocycles. The Morgan fingerprint density at radius 2 is 1.89 bits per heavy atom. The Morgan fingerprint density at radius 3 is 2.63 bits per heavy atom. The van der Waals surface area contributed by atoms with Crippen molar-refractivity contribution in [2.45, 2.75) is 0 Å². The van der Waals surface area contributed by atoms with E-state index in [1.807, 2.05) is 36.4 Å². The molecule has 136 valence electrons. The fourth-order valence-electron chi connectivity index (χ4n) is 2.37. The van der Waals surface area contributed by atoms with Crippen LogP contribution in [0.5, 0.6) is 0 Å². The average Bonchev–Trinajstić information content (AvgIpc) is 2.90. The van der Waals surface area contributed by atoms with Crippen molar-refractivity contribution in [3.63, 3.8) is 0 Å². The fourth-order valence-corrected chi connectivity index (χ4v) is 3.35. The van der Waals surface area contributed by atoms with Gasteiger partial charge in [-0.3, -0.25) is 19.3 Å². The molecule has 0 bridgehead atoms. The van der Waals surface area contributed by atoms with Crippen LogP contribution in [0.1, 0.15) is 5.56 Å². The Kier molecular flexibility index (Phi) is 6.11. The van der Waals surface area contributed by atoms with Crippen LogP contribution in [0.25, 0.3) is 6.08 Å². The number of benzene rings is 2. The first-order valence-corrected chi connectivity index (χ1v) is 9.25. The maximum atomic E-state index is 12.4. The summed E-state index contributed by atoms with van der Waals surface area (Å²) in [7, 11) is 0. The summed E-state index contributed by atoms with van der Waals surface area (Å²) in [6, 6.07) is 16.2. The lowest BCUT2D eigenvalue weighted by molar-refractivity contribution is -0.127. The SMILES string of the molecule is O=C(CN1C(=O)S/C(=C/C=C\c2ccccc2)C1=O)Nc1cccc(Cl)c1. The third kappa shape index (κ3) is 5.09. The zero-order valence-electron chi connectivity index (χ0n) is 14.1. The monoisotopic (exact) mass is 398 g/mol. The number of rotatable bonds is 5. The third-order valence-corrected chi connectivity index (χ3v) is 4.78. The van der Waals surface area contributed by atoms with Crippen LogP contribution in [0, 0.1) is 0 Å². The number of amides is 3. The van der Waals surface area contributed by atoms with Crippen LogP contribution in [0.15, 0.2) is 71.7 Å². The van der Waals surface area contributed by atoms with E-state index < -0.39 is 17.1 Å². The van der Waals surface area contributed by atoms with Crippen LogP contribution in [-0.4, -0.2) is 28.5 Å². The Morgan fingerprint density at radius 1 is 1.11 bits per heavy atom. The van der Waals surface area contributed by atoms with Gasteiger partial charge in [0.2, 0.25) is 5.91 Å². The molecule has 7 heteroatoms. The molecule has 1 fully saturated rings. The van der Waals surface area contributed by atoms with Crippen molar-refractivity contribution in [3.8, 4) is 0 Å². The van der Waals surface area contributed by atoms with Crippen LogP contribution < -0.4 is 5.32 Å². The molecule has 0 unspecified atom stereocenters. The number of anilines is 1. The first-order valence-electron chi connectivity index (χ1n) is 8.05. The number of allylic oxidation sites excluding steroid dienone is 2. The van der Waals surface area contributed by atoms with Gasteiger partial charge < -0.3 is 5.32 Å². The van der Waals surface area contributed by atoms with Crippen LogP contribution in [0.2, 0.25) is 5.02 Å². The van der Waals surface area contributed by atoms with Crippen molar-refractivity contribution in [1.82, 2.24) is 4.90 Å². The number of carbonyl (C=O) groups excluding carboxylic acids is 3. The van der Waals surface area contributed by atoms with E-state index >= 15 is 0 Å². The second kappa shape index (κ2) is 8.70. The smallest absolute Gasteiger partial charge is 0.294 e. The van der Waals surface area contributed by atoms with Crippen LogP contribution >= 0.6 is 23.4 Å². The molecule has 1 saturated heterocycles. The fraction of sp³-hybridized carbons (Fsp3) is 0.0500. The van der Waals surface area contributed by atoms with Crippen molar-refractivity contribution in [2.24, 2.45) is 0 Å². The molecule has 1 aliphatic heterocycles. The van der Waals surface area contributed by atoms with Crippen molar-refractivity contribution in [1.29, 1.82) is 0 Å². The van der Waals surface area contributed by atoms with Gasteiger partial charge in [-0.2, -0.15) is 0 Å². The first-order chi connectivity index (χ1) is 13.0. The summed E-state index contributed by atoms with van der Waals surface area (Å²) in [6.07, 6.45) is 5.12. The van der Waals surface area contributed by atoms with Gasteiger partial charge in [0.15, 0.2) is 0 Å². The van der Waals surface area contributed by atoms with Gasteiger partial charge in [0.05, 0.1) is 4.91 Å². The van der Waals surface area contributed by atoms with E-state index in [1.54, 1.807) is 36.4 Å². The summed E-state index contributed by atoms with van der Waals surface area (Å²) in [5, 5.41) is 2.63. The number of hydrogen-bond acceptors (Lipinski definition) is 4. The number of thioether (sulfide) groups is 1. The molecule has 1 heterocycles. The molecule has 0 atom stereocenters. The maximum absolute atomic E-state index is 12.4. The van der Waals surface area contributed by atoms with E-state index in [0.29, 0.717) is 10.7 Å². The molecule has 0 radical (unpaired) electrons. The molecule has 5 nitrogen and oxygen atoms in total. The molecule has 0 aromatic heterocycles. The lowest BCUT2D eigenvalue weighted by atomic mass is 10.2. The van der Waals surface area contributed by atoms with Gasteiger partial charge in [0.1, 0.15) is 6.54 Å². The summed E-state index contributed by atoms with van der Waals surface area (Å²) in [4.78, 5) is 37.8. The molecule has 2 aromatic rings. The van der Waals surface area contributed by atoms with Crippen molar-refractivity contribution in [2.75, 3.05) is 11.9 Å². The third-order valence-electron chi connectivity index (χ3n) is 3.62.